The Kier molecular flexibility index (Phi) is 5.69. The second kappa shape index (κ2) is 7.98. The van der Waals surface area contributed by atoms with Crippen LogP contribution in [0.3, 0.4) is 0 Å². The van der Waals surface area contributed by atoms with Crippen molar-refractivity contribution in [3.8, 4) is 5.75 Å². The van der Waals surface area contributed by atoms with Crippen molar-refractivity contribution in [2.45, 2.75) is 19.4 Å². The fourth-order valence-electron chi connectivity index (χ4n) is 2.93. The van der Waals surface area contributed by atoms with Crippen molar-refractivity contribution < 1.29 is 14.3 Å². The summed E-state index contributed by atoms with van der Waals surface area (Å²) in [4.78, 5) is 26.1. The number of nitrogens with one attached hydrogen (secondary N) is 1. The Labute approximate surface area is 161 Å². The summed E-state index contributed by atoms with van der Waals surface area (Å²) in [6.45, 7) is 1.32. The first kappa shape index (κ1) is 18.5. The van der Waals surface area contributed by atoms with Crippen LogP contribution in [0.2, 0.25) is 10.0 Å². The van der Waals surface area contributed by atoms with Gasteiger partial charge in [-0.05, 0) is 36.2 Å². The molecule has 0 unspecified atom stereocenters. The number of halogens is 2. The van der Waals surface area contributed by atoms with Crippen LogP contribution in [0.25, 0.3) is 0 Å². The lowest BCUT2D eigenvalue weighted by Gasteiger charge is -2.16. The third-order valence-corrected chi connectivity index (χ3v) is 4.76. The van der Waals surface area contributed by atoms with Crippen LogP contribution in [-0.2, 0) is 11.3 Å². The molecule has 1 aliphatic rings. The zero-order valence-electron chi connectivity index (χ0n) is 14.2. The molecule has 0 bridgehead atoms. The number of anilines is 1. The molecule has 0 spiro atoms. The Morgan fingerprint density at radius 2 is 1.96 bits per heavy atom. The van der Waals surface area contributed by atoms with Crippen LogP contribution in [0.1, 0.15) is 28.8 Å². The van der Waals surface area contributed by atoms with E-state index < -0.39 is 0 Å². The number of methoxy groups -OCH3 is 1. The molecule has 5 nitrogen and oxygen atoms in total. The number of ether oxygens (including phenoxy) is 1. The lowest BCUT2D eigenvalue weighted by Crippen LogP contribution is -2.23. The number of likely N-dealkylation sites (tertiary alicyclic amines) is 1. The van der Waals surface area contributed by atoms with E-state index in [0.717, 1.165) is 18.5 Å². The molecule has 3 rings (SSSR count). The van der Waals surface area contributed by atoms with E-state index in [1.807, 2.05) is 23.1 Å². The average Bonchev–Trinajstić information content (AvgIpc) is 2.99. The van der Waals surface area contributed by atoms with Gasteiger partial charge in [0.05, 0.1) is 17.2 Å². The van der Waals surface area contributed by atoms with E-state index in [4.69, 9.17) is 27.9 Å². The Hall–Kier alpha value is -2.24. The van der Waals surface area contributed by atoms with Crippen molar-refractivity contribution in [3.05, 3.63) is 57.6 Å². The van der Waals surface area contributed by atoms with Crippen molar-refractivity contribution in [2.75, 3.05) is 19.0 Å². The van der Waals surface area contributed by atoms with E-state index >= 15 is 0 Å². The van der Waals surface area contributed by atoms with E-state index in [0.29, 0.717) is 30.0 Å². The molecule has 2 aromatic carbocycles. The molecule has 0 aliphatic carbocycles. The number of carbonyl (C=O) groups is 2. The van der Waals surface area contributed by atoms with Gasteiger partial charge < -0.3 is 15.0 Å². The van der Waals surface area contributed by atoms with Crippen LogP contribution in [-0.4, -0.2) is 30.4 Å². The highest BCUT2D eigenvalue weighted by Crippen LogP contribution is 2.34. The number of nitrogens with zero attached hydrogens (tertiary/aromatic N) is 1. The summed E-state index contributed by atoms with van der Waals surface area (Å²) < 4.78 is 5.09. The van der Waals surface area contributed by atoms with Gasteiger partial charge in [0.2, 0.25) is 5.91 Å². The Morgan fingerprint density at radius 1 is 1.23 bits per heavy atom. The van der Waals surface area contributed by atoms with Crippen molar-refractivity contribution in [1.29, 1.82) is 0 Å². The molecule has 1 heterocycles. The summed E-state index contributed by atoms with van der Waals surface area (Å²) in [6.07, 6.45) is 1.50. The molecule has 0 saturated carbocycles. The number of benzene rings is 2. The van der Waals surface area contributed by atoms with E-state index in [1.165, 1.54) is 19.2 Å². The summed E-state index contributed by atoms with van der Waals surface area (Å²) in [7, 11) is 1.46. The van der Waals surface area contributed by atoms with Gasteiger partial charge in [-0.25, -0.2) is 0 Å². The van der Waals surface area contributed by atoms with Gasteiger partial charge >= 0.3 is 0 Å². The number of hydrogen-bond acceptors (Lipinski definition) is 3. The molecular weight excluding hydrogens is 375 g/mol. The van der Waals surface area contributed by atoms with Gasteiger partial charge in [-0.3, -0.25) is 9.59 Å². The second-order valence-corrected chi connectivity index (χ2v) is 6.86. The monoisotopic (exact) mass is 392 g/mol. The van der Waals surface area contributed by atoms with Crippen molar-refractivity contribution in [3.63, 3.8) is 0 Å². The minimum atomic E-state index is -0.328. The smallest absolute Gasteiger partial charge is 0.255 e. The van der Waals surface area contributed by atoms with Crippen LogP contribution in [0.5, 0.6) is 5.75 Å². The SMILES string of the molecule is COc1c(Cl)cc(C(=O)Nc2cccc(CN3CCCC3=O)c2)cc1Cl. The maximum atomic E-state index is 12.5. The van der Waals surface area contributed by atoms with Crippen molar-refractivity contribution >= 4 is 40.7 Å². The fraction of sp³-hybridized carbons (Fsp3) is 0.263. The lowest BCUT2D eigenvalue weighted by molar-refractivity contribution is -0.128. The number of rotatable bonds is 5. The third-order valence-electron chi connectivity index (χ3n) is 4.19. The lowest BCUT2D eigenvalue weighted by atomic mass is 10.1. The molecule has 136 valence electrons. The molecule has 0 aromatic heterocycles. The third kappa shape index (κ3) is 4.11. The summed E-state index contributed by atoms with van der Waals surface area (Å²) >= 11 is 12.2. The number of carbonyl (C=O) groups excluding carboxylic acids is 2. The number of hydrogen-bond donors (Lipinski definition) is 1. The van der Waals surface area contributed by atoms with Gasteiger partial charge in [-0.1, -0.05) is 35.3 Å². The Balaban J connectivity index is 1.73. The van der Waals surface area contributed by atoms with Gasteiger partial charge in [0.15, 0.2) is 5.75 Å². The van der Waals surface area contributed by atoms with Gasteiger partial charge in [0.1, 0.15) is 0 Å². The first-order chi connectivity index (χ1) is 12.5. The molecule has 1 saturated heterocycles. The molecule has 1 fully saturated rings. The number of amides is 2. The molecule has 1 aliphatic heterocycles. The minimum Gasteiger partial charge on any atom is -0.494 e. The average molecular weight is 393 g/mol. The van der Waals surface area contributed by atoms with Crippen LogP contribution in [0, 0.1) is 0 Å². The van der Waals surface area contributed by atoms with Gasteiger partial charge in [0.25, 0.3) is 5.91 Å². The molecular formula is C19H18Cl2N2O3. The second-order valence-electron chi connectivity index (χ2n) is 6.05. The summed E-state index contributed by atoms with van der Waals surface area (Å²) in [6, 6.07) is 10.4. The van der Waals surface area contributed by atoms with Gasteiger partial charge in [-0.15, -0.1) is 0 Å². The van der Waals surface area contributed by atoms with E-state index in [-0.39, 0.29) is 21.9 Å². The summed E-state index contributed by atoms with van der Waals surface area (Å²) in [5.41, 5.74) is 1.94. The van der Waals surface area contributed by atoms with Crippen LogP contribution >= 0.6 is 23.2 Å². The predicted octanol–water partition coefficient (Wildman–Crippen LogP) is 4.38. The minimum absolute atomic E-state index is 0.168. The van der Waals surface area contributed by atoms with Crippen molar-refractivity contribution in [2.24, 2.45) is 0 Å². The normalized spacial score (nSPS) is 13.8. The first-order valence-electron chi connectivity index (χ1n) is 8.19. The van der Waals surface area contributed by atoms with Gasteiger partial charge in [0, 0.05) is 30.8 Å². The standard InChI is InChI=1S/C19H18Cl2N2O3/c1-26-18-15(20)9-13(10-16(18)21)19(25)22-14-5-2-4-12(8-14)11-23-7-3-6-17(23)24/h2,4-5,8-10H,3,6-7,11H2,1H3,(H,22,25). The molecule has 2 aromatic rings. The Bertz CT molecular complexity index is 831. The van der Waals surface area contributed by atoms with E-state index in [9.17, 15) is 9.59 Å². The highest BCUT2D eigenvalue weighted by Gasteiger charge is 2.20. The molecule has 7 heteroatoms. The van der Waals surface area contributed by atoms with Crippen LogP contribution in [0.4, 0.5) is 5.69 Å². The van der Waals surface area contributed by atoms with Crippen LogP contribution in [0.15, 0.2) is 36.4 Å². The molecule has 0 radical (unpaired) electrons. The molecule has 0 atom stereocenters. The van der Waals surface area contributed by atoms with Crippen molar-refractivity contribution in [1.82, 2.24) is 4.90 Å². The van der Waals surface area contributed by atoms with Crippen LogP contribution < -0.4 is 10.1 Å². The van der Waals surface area contributed by atoms with Gasteiger partial charge in [-0.2, -0.15) is 0 Å². The summed E-state index contributed by atoms with van der Waals surface area (Å²) in [5, 5.41) is 3.37. The predicted molar refractivity (Wildman–Crippen MR) is 102 cm³/mol. The maximum Gasteiger partial charge on any atom is 0.255 e. The zero-order chi connectivity index (χ0) is 18.7. The first-order valence-corrected chi connectivity index (χ1v) is 8.94. The highest BCUT2D eigenvalue weighted by molar-refractivity contribution is 6.37. The zero-order valence-corrected chi connectivity index (χ0v) is 15.7. The largest absolute Gasteiger partial charge is 0.494 e. The van der Waals surface area contributed by atoms with E-state index in [1.54, 1.807) is 6.07 Å². The molecule has 2 amide bonds. The summed E-state index contributed by atoms with van der Waals surface area (Å²) in [5.74, 6) is 0.176. The van der Waals surface area contributed by atoms with E-state index in [2.05, 4.69) is 5.32 Å². The maximum absolute atomic E-state index is 12.5. The molecule has 1 N–H and O–H groups in total. The fourth-order valence-corrected chi connectivity index (χ4v) is 3.57. The Morgan fingerprint density at radius 3 is 2.58 bits per heavy atom. The quantitative estimate of drug-likeness (QED) is 0.821. The molecule has 26 heavy (non-hydrogen) atoms. The highest BCUT2D eigenvalue weighted by atomic mass is 35.5. The topological polar surface area (TPSA) is 58.6 Å².